The monoisotopic (exact) mass is 412 g/mol. The summed E-state index contributed by atoms with van der Waals surface area (Å²) < 4.78 is 24.0. The molecular weight excluding hydrogens is 384 g/mol. The van der Waals surface area contributed by atoms with E-state index < -0.39 is 12.1 Å². The molecule has 2 aliphatic rings. The molecule has 5 atom stereocenters. The smallest absolute Gasteiger partial charge is 0.319 e. The molecule has 1 aromatic carbocycles. The third-order valence-electron chi connectivity index (χ3n) is 4.78. The zero-order valence-corrected chi connectivity index (χ0v) is 17.5. The van der Waals surface area contributed by atoms with Gasteiger partial charge in [0, 0.05) is 17.3 Å². The molecule has 7 nitrogen and oxygen atoms in total. The van der Waals surface area contributed by atoms with E-state index in [1.54, 1.807) is 24.3 Å². The Balaban J connectivity index is 1.60. The van der Waals surface area contributed by atoms with E-state index in [9.17, 15) is 4.79 Å². The van der Waals surface area contributed by atoms with E-state index in [0.717, 1.165) is 12.8 Å². The van der Waals surface area contributed by atoms with Crippen molar-refractivity contribution in [3.63, 3.8) is 0 Å². The number of urea groups is 1. The molecule has 2 heterocycles. The molecule has 2 fully saturated rings. The normalized spacial score (nSPS) is 29.3. The van der Waals surface area contributed by atoms with Crippen LogP contribution in [0.1, 0.15) is 40.5 Å². The zero-order valence-electron chi connectivity index (χ0n) is 16.7. The SMILES string of the molecule is CCCCO[C@H]1OC(C(C)NC(=O)Nc2ccc(Cl)cc2)[C@@H]2OC(C)(C)O[C@H]12. The summed E-state index contributed by atoms with van der Waals surface area (Å²) in [6.45, 7) is 8.33. The Morgan fingerprint density at radius 2 is 1.93 bits per heavy atom. The highest BCUT2D eigenvalue weighted by Crippen LogP contribution is 2.40. The maximum Gasteiger partial charge on any atom is 0.319 e. The number of nitrogens with one attached hydrogen (secondary N) is 2. The molecule has 1 aromatic rings. The largest absolute Gasteiger partial charge is 0.350 e. The summed E-state index contributed by atoms with van der Waals surface area (Å²) in [4.78, 5) is 12.4. The molecule has 0 aliphatic carbocycles. The highest BCUT2D eigenvalue weighted by atomic mass is 35.5. The second-order valence-corrected chi connectivity index (χ2v) is 8.09. The Morgan fingerprint density at radius 3 is 2.61 bits per heavy atom. The second-order valence-electron chi connectivity index (χ2n) is 7.65. The van der Waals surface area contributed by atoms with Crippen LogP contribution in [-0.2, 0) is 18.9 Å². The van der Waals surface area contributed by atoms with Gasteiger partial charge in [0.1, 0.15) is 18.3 Å². The third kappa shape index (κ3) is 5.15. The number of hydrogen-bond acceptors (Lipinski definition) is 5. The zero-order chi connectivity index (χ0) is 20.3. The van der Waals surface area contributed by atoms with E-state index in [2.05, 4.69) is 17.6 Å². The molecule has 0 radical (unpaired) electrons. The number of carbonyl (C=O) groups excluding carboxylic acids is 1. The number of ether oxygens (including phenoxy) is 4. The predicted octanol–water partition coefficient (Wildman–Crippen LogP) is 3.91. The van der Waals surface area contributed by atoms with Crippen LogP contribution in [0.4, 0.5) is 10.5 Å². The quantitative estimate of drug-likeness (QED) is 0.664. The van der Waals surface area contributed by atoms with Gasteiger partial charge in [0.05, 0.1) is 6.04 Å². The number of unbranched alkanes of at least 4 members (excludes halogenated alkanes) is 1. The van der Waals surface area contributed by atoms with E-state index in [1.165, 1.54) is 0 Å². The molecule has 2 aliphatic heterocycles. The molecule has 156 valence electrons. The first-order valence-corrected chi connectivity index (χ1v) is 10.1. The van der Waals surface area contributed by atoms with Gasteiger partial charge in [0.2, 0.25) is 0 Å². The molecule has 28 heavy (non-hydrogen) atoms. The minimum atomic E-state index is -0.713. The van der Waals surface area contributed by atoms with Crippen LogP contribution in [0.3, 0.4) is 0 Å². The van der Waals surface area contributed by atoms with E-state index in [-0.39, 0.29) is 30.4 Å². The van der Waals surface area contributed by atoms with E-state index in [0.29, 0.717) is 17.3 Å². The third-order valence-corrected chi connectivity index (χ3v) is 5.03. The Bertz CT molecular complexity index is 669. The van der Waals surface area contributed by atoms with Crippen molar-refractivity contribution < 1.29 is 23.7 Å². The van der Waals surface area contributed by atoms with Gasteiger partial charge in [0.25, 0.3) is 0 Å². The van der Waals surface area contributed by atoms with Crippen LogP contribution in [0.25, 0.3) is 0 Å². The number of halogens is 1. The molecule has 0 spiro atoms. The van der Waals surface area contributed by atoms with Gasteiger partial charge >= 0.3 is 6.03 Å². The minimum Gasteiger partial charge on any atom is -0.350 e. The molecule has 0 bridgehead atoms. The van der Waals surface area contributed by atoms with Crippen molar-refractivity contribution in [1.82, 2.24) is 5.32 Å². The average Bonchev–Trinajstić information content (AvgIpc) is 3.10. The van der Waals surface area contributed by atoms with Crippen molar-refractivity contribution in [3.05, 3.63) is 29.3 Å². The van der Waals surface area contributed by atoms with Gasteiger partial charge in [-0.25, -0.2) is 4.79 Å². The molecular formula is C20H29ClN2O5. The maximum atomic E-state index is 12.4. The van der Waals surface area contributed by atoms with Crippen molar-refractivity contribution in [3.8, 4) is 0 Å². The Labute approximate surface area is 171 Å². The molecule has 8 heteroatoms. The molecule has 2 N–H and O–H groups in total. The van der Waals surface area contributed by atoms with Crippen LogP contribution in [0, 0.1) is 0 Å². The van der Waals surface area contributed by atoms with Crippen LogP contribution >= 0.6 is 11.6 Å². The summed E-state index contributed by atoms with van der Waals surface area (Å²) in [5.74, 6) is -0.713. The van der Waals surface area contributed by atoms with Crippen LogP contribution in [0.5, 0.6) is 0 Å². The predicted molar refractivity (Wildman–Crippen MR) is 106 cm³/mol. The molecule has 2 saturated heterocycles. The fourth-order valence-corrected chi connectivity index (χ4v) is 3.59. The maximum absolute atomic E-state index is 12.4. The molecule has 2 unspecified atom stereocenters. The first-order chi connectivity index (χ1) is 13.3. The van der Waals surface area contributed by atoms with Crippen molar-refractivity contribution in [2.45, 2.75) is 77.0 Å². The van der Waals surface area contributed by atoms with Gasteiger partial charge in [-0.15, -0.1) is 0 Å². The Morgan fingerprint density at radius 1 is 1.25 bits per heavy atom. The first-order valence-electron chi connectivity index (χ1n) is 9.75. The number of amides is 2. The molecule has 2 amide bonds. The number of anilines is 1. The van der Waals surface area contributed by atoms with Gasteiger partial charge < -0.3 is 29.6 Å². The highest BCUT2D eigenvalue weighted by Gasteiger charge is 2.57. The van der Waals surface area contributed by atoms with E-state index in [4.69, 9.17) is 30.5 Å². The minimum absolute atomic E-state index is 0.308. The lowest BCUT2D eigenvalue weighted by Gasteiger charge is -2.27. The summed E-state index contributed by atoms with van der Waals surface area (Å²) in [6.07, 6.45) is 0.466. The number of benzene rings is 1. The van der Waals surface area contributed by atoms with Gasteiger partial charge in [0.15, 0.2) is 12.1 Å². The number of fused-ring (bicyclic) bond motifs is 1. The number of carbonyl (C=O) groups is 1. The average molecular weight is 413 g/mol. The first kappa shape index (κ1) is 21.3. The van der Waals surface area contributed by atoms with Crippen molar-refractivity contribution >= 4 is 23.3 Å². The van der Waals surface area contributed by atoms with Crippen LogP contribution in [0.2, 0.25) is 5.02 Å². The number of rotatable bonds is 7. The van der Waals surface area contributed by atoms with Gasteiger partial charge in [-0.2, -0.15) is 0 Å². The highest BCUT2D eigenvalue weighted by molar-refractivity contribution is 6.30. The number of hydrogen-bond donors (Lipinski definition) is 2. The molecule has 3 rings (SSSR count). The van der Waals surface area contributed by atoms with Gasteiger partial charge in [-0.1, -0.05) is 24.9 Å². The second kappa shape index (κ2) is 8.97. The topological polar surface area (TPSA) is 78.1 Å². The van der Waals surface area contributed by atoms with Crippen molar-refractivity contribution in [2.24, 2.45) is 0 Å². The molecule has 0 saturated carbocycles. The van der Waals surface area contributed by atoms with Gasteiger partial charge in [-0.05, 0) is 51.5 Å². The van der Waals surface area contributed by atoms with Crippen molar-refractivity contribution in [1.29, 1.82) is 0 Å². The van der Waals surface area contributed by atoms with E-state index >= 15 is 0 Å². The standard InChI is InChI=1S/C20H29ClN2O5/c1-5-6-11-25-18-17-16(27-20(3,4)28-17)15(26-18)12(2)22-19(24)23-14-9-7-13(21)8-10-14/h7-10,12,15-18H,5-6,11H2,1-4H3,(H2,22,23,24)/t12?,15?,16-,17-,18-/m0/s1. The van der Waals surface area contributed by atoms with Crippen LogP contribution < -0.4 is 10.6 Å². The van der Waals surface area contributed by atoms with E-state index in [1.807, 2.05) is 20.8 Å². The fourth-order valence-electron chi connectivity index (χ4n) is 3.46. The Kier molecular flexibility index (Phi) is 6.83. The van der Waals surface area contributed by atoms with Crippen molar-refractivity contribution in [2.75, 3.05) is 11.9 Å². The lowest BCUT2D eigenvalue weighted by atomic mass is 10.1. The summed E-state index contributed by atoms with van der Waals surface area (Å²) in [6, 6.07) is 6.27. The molecule has 0 aromatic heterocycles. The lowest BCUT2D eigenvalue weighted by Crippen LogP contribution is -2.48. The Hall–Kier alpha value is -1.38. The fraction of sp³-hybridized carbons (Fsp3) is 0.650. The summed E-state index contributed by atoms with van der Waals surface area (Å²) >= 11 is 5.87. The van der Waals surface area contributed by atoms with Crippen LogP contribution in [-0.4, -0.2) is 49.1 Å². The van der Waals surface area contributed by atoms with Gasteiger partial charge in [-0.3, -0.25) is 0 Å². The summed E-state index contributed by atoms with van der Waals surface area (Å²) in [5.41, 5.74) is 0.654. The van der Waals surface area contributed by atoms with Crippen LogP contribution in [0.15, 0.2) is 24.3 Å². The summed E-state index contributed by atoms with van der Waals surface area (Å²) in [5, 5.41) is 6.31. The lowest BCUT2D eigenvalue weighted by molar-refractivity contribution is -0.235. The summed E-state index contributed by atoms with van der Waals surface area (Å²) in [7, 11) is 0.